The molecule has 1 amide bonds. The van der Waals surface area contributed by atoms with E-state index in [0.29, 0.717) is 5.56 Å². The SMILES string of the molecule is CC(NC(=O)[C@@H](N)Cc1ccc(O)c([N+](=O)[O-])c1)c1ccccc1. The van der Waals surface area contributed by atoms with Crippen LogP contribution in [0.3, 0.4) is 0 Å². The fourth-order valence-corrected chi connectivity index (χ4v) is 2.33. The number of phenolic OH excluding ortho intramolecular Hbond substituents is 1. The summed E-state index contributed by atoms with van der Waals surface area (Å²) >= 11 is 0. The van der Waals surface area contributed by atoms with Gasteiger partial charge in [-0.1, -0.05) is 36.4 Å². The maximum Gasteiger partial charge on any atom is 0.310 e. The number of phenols is 1. The molecule has 0 aliphatic rings. The Morgan fingerprint density at radius 3 is 2.58 bits per heavy atom. The Morgan fingerprint density at radius 1 is 1.29 bits per heavy atom. The number of amides is 1. The van der Waals surface area contributed by atoms with Crippen molar-refractivity contribution in [3.05, 3.63) is 69.8 Å². The molecule has 4 N–H and O–H groups in total. The first-order valence-electron chi connectivity index (χ1n) is 7.45. The van der Waals surface area contributed by atoms with Gasteiger partial charge in [-0.2, -0.15) is 0 Å². The summed E-state index contributed by atoms with van der Waals surface area (Å²) in [7, 11) is 0. The Labute approximate surface area is 139 Å². The van der Waals surface area contributed by atoms with Gasteiger partial charge in [-0.15, -0.1) is 0 Å². The molecule has 0 heterocycles. The van der Waals surface area contributed by atoms with Crippen LogP contribution in [0.5, 0.6) is 5.75 Å². The molecule has 2 rings (SSSR count). The van der Waals surface area contributed by atoms with Gasteiger partial charge in [0.1, 0.15) is 0 Å². The summed E-state index contributed by atoms with van der Waals surface area (Å²) in [5.74, 6) is -0.762. The summed E-state index contributed by atoms with van der Waals surface area (Å²) in [5.41, 5.74) is 6.96. The quantitative estimate of drug-likeness (QED) is 0.553. The second kappa shape index (κ2) is 7.56. The van der Waals surface area contributed by atoms with E-state index in [4.69, 9.17) is 5.73 Å². The lowest BCUT2D eigenvalue weighted by Gasteiger charge is -2.18. The third-order valence-electron chi connectivity index (χ3n) is 3.69. The van der Waals surface area contributed by atoms with Gasteiger partial charge in [0, 0.05) is 6.07 Å². The molecule has 0 saturated carbocycles. The smallest absolute Gasteiger partial charge is 0.310 e. The summed E-state index contributed by atoms with van der Waals surface area (Å²) in [6.45, 7) is 1.85. The average molecular weight is 329 g/mol. The molecule has 1 unspecified atom stereocenters. The number of aromatic hydroxyl groups is 1. The minimum atomic E-state index is -0.847. The maximum atomic E-state index is 12.2. The first-order valence-corrected chi connectivity index (χ1v) is 7.45. The van der Waals surface area contributed by atoms with Gasteiger partial charge in [-0.25, -0.2) is 0 Å². The van der Waals surface area contributed by atoms with E-state index < -0.39 is 22.4 Å². The van der Waals surface area contributed by atoms with Crippen LogP contribution >= 0.6 is 0 Å². The minimum absolute atomic E-state index is 0.133. The van der Waals surface area contributed by atoms with Crippen molar-refractivity contribution in [2.24, 2.45) is 5.73 Å². The van der Waals surface area contributed by atoms with Crippen molar-refractivity contribution < 1.29 is 14.8 Å². The second-order valence-corrected chi connectivity index (χ2v) is 5.53. The molecular weight excluding hydrogens is 310 g/mol. The van der Waals surface area contributed by atoms with Crippen molar-refractivity contribution >= 4 is 11.6 Å². The number of nitro groups is 1. The van der Waals surface area contributed by atoms with Crippen LogP contribution in [0.1, 0.15) is 24.1 Å². The van der Waals surface area contributed by atoms with E-state index in [9.17, 15) is 20.0 Å². The summed E-state index contributed by atoms with van der Waals surface area (Å²) in [5, 5.41) is 23.1. The lowest BCUT2D eigenvalue weighted by atomic mass is 10.0. The number of nitro benzene ring substituents is 1. The van der Waals surface area contributed by atoms with Crippen LogP contribution < -0.4 is 11.1 Å². The zero-order valence-electron chi connectivity index (χ0n) is 13.2. The van der Waals surface area contributed by atoms with Crippen LogP contribution in [0.25, 0.3) is 0 Å². The highest BCUT2D eigenvalue weighted by molar-refractivity contribution is 5.82. The number of nitrogens with one attached hydrogen (secondary N) is 1. The molecule has 0 aliphatic carbocycles. The molecule has 2 aromatic rings. The van der Waals surface area contributed by atoms with E-state index in [1.165, 1.54) is 18.2 Å². The Kier molecular flexibility index (Phi) is 5.49. The highest BCUT2D eigenvalue weighted by Gasteiger charge is 2.19. The van der Waals surface area contributed by atoms with E-state index in [1.807, 2.05) is 37.3 Å². The van der Waals surface area contributed by atoms with Crippen molar-refractivity contribution in [2.75, 3.05) is 0 Å². The summed E-state index contributed by atoms with van der Waals surface area (Å²) < 4.78 is 0. The van der Waals surface area contributed by atoms with Gasteiger partial charge in [0.25, 0.3) is 0 Å². The topological polar surface area (TPSA) is 118 Å². The molecule has 0 bridgehead atoms. The molecule has 2 aromatic carbocycles. The standard InChI is InChI=1S/C17H19N3O4/c1-11(13-5-3-2-4-6-13)19-17(22)14(18)9-12-7-8-16(21)15(10-12)20(23)24/h2-8,10-11,14,21H,9,18H2,1H3,(H,19,22)/t11?,14-/m0/s1. The van der Waals surface area contributed by atoms with E-state index in [-0.39, 0.29) is 18.4 Å². The molecular formula is C17H19N3O4. The first-order chi connectivity index (χ1) is 11.4. The molecule has 0 aromatic heterocycles. The summed E-state index contributed by atoms with van der Waals surface area (Å²) in [6.07, 6.45) is 0.133. The van der Waals surface area contributed by atoms with Gasteiger partial charge >= 0.3 is 5.69 Å². The number of benzene rings is 2. The zero-order valence-corrected chi connectivity index (χ0v) is 13.2. The number of hydrogen-bond acceptors (Lipinski definition) is 5. The Hall–Kier alpha value is -2.93. The first kappa shape index (κ1) is 17.4. The molecule has 0 spiro atoms. The van der Waals surface area contributed by atoms with Crippen LogP contribution in [-0.2, 0) is 11.2 Å². The van der Waals surface area contributed by atoms with Gasteiger partial charge < -0.3 is 16.2 Å². The predicted octanol–water partition coefficient (Wildman–Crippen LogP) is 2.05. The lowest BCUT2D eigenvalue weighted by Crippen LogP contribution is -2.42. The predicted molar refractivity (Wildman–Crippen MR) is 89.4 cm³/mol. The van der Waals surface area contributed by atoms with Crippen LogP contribution in [0, 0.1) is 10.1 Å². The van der Waals surface area contributed by atoms with Gasteiger partial charge in [0.15, 0.2) is 5.75 Å². The molecule has 2 atom stereocenters. The molecule has 0 radical (unpaired) electrons. The van der Waals surface area contributed by atoms with Crippen LogP contribution in [0.15, 0.2) is 48.5 Å². The lowest BCUT2D eigenvalue weighted by molar-refractivity contribution is -0.385. The molecule has 24 heavy (non-hydrogen) atoms. The Morgan fingerprint density at radius 2 is 1.96 bits per heavy atom. The fourth-order valence-electron chi connectivity index (χ4n) is 2.33. The third-order valence-corrected chi connectivity index (χ3v) is 3.69. The maximum absolute atomic E-state index is 12.2. The van der Waals surface area contributed by atoms with Gasteiger partial charge in [0.05, 0.1) is 17.0 Å². The molecule has 126 valence electrons. The number of carbonyl (C=O) groups is 1. The fraction of sp³-hybridized carbons (Fsp3) is 0.235. The third kappa shape index (κ3) is 4.30. The molecule has 7 heteroatoms. The van der Waals surface area contributed by atoms with E-state index >= 15 is 0 Å². The van der Waals surface area contributed by atoms with Crippen LogP contribution in [0.4, 0.5) is 5.69 Å². The number of nitrogens with two attached hydrogens (primary N) is 1. The Bertz CT molecular complexity index is 734. The van der Waals surface area contributed by atoms with Gasteiger partial charge in [-0.3, -0.25) is 14.9 Å². The average Bonchev–Trinajstić information content (AvgIpc) is 2.57. The van der Waals surface area contributed by atoms with Gasteiger partial charge in [0.2, 0.25) is 5.91 Å². The van der Waals surface area contributed by atoms with E-state index in [0.717, 1.165) is 5.56 Å². The number of nitrogens with zero attached hydrogens (tertiary/aromatic N) is 1. The van der Waals surface area contributed by atoms with Crippen molar-refractivity contribution in [1.29, 1.82) is 0 Å². The van der Waals surface area contributed by atoms with E-state index in [2.05, 4.69) is 5.32 Å². The second-order valence-electron chi connectivity index (χ2n) is 5.53. The summed E-state index contributed by atoms with van der Waals surface area (Å²) in [6, 6.07) is 12.4. The van der Waals surface area contributed by atoms with Crippen molar-refractivity contribution in [2.45, 2.75) is 25.4 Å². The normalized spacial score (nSPS) is 13.1. The van der Waals surface area contributed by atoms with E-state index in [1.54, 1.807) is 0 Å². The van der Waals surface area contributed by atoms with Crippen molar-refractivity contribution in [3.8, 4) is 5.75 Å². The number of rotatable bonds is 6. The monoisotopic (exact) mass is 329 g/mol. The molecule has 0 aliphatic heterocycles. The molecule has 0 fully saturated rings. The summed E-state index contributed by atoms with van der Waals surface area (Å²) in [4.78, 5) is 22.3. The number of carbonyl (C=O) groups excluding carboxylic acids is 1. The largest absolute Gasteiger partial charge is 0.502 e. The number of hydrogen-bond donors (Lipinski definition) is 3. The van der Waals surface area contributed by atoms with Gasteiger partial charge in [-0.05, 0) is 30.5 Å². The van der Waals surface area contributed by atoms with Crippen LogP contribution in [-0.4, -0.2) is 22.0 Å². The highest BCUT2D eigenvalue weighted by Crippen LogP contribution is 2.26. The minimum Gasteiger partial charge on any atom is -0.502 e. The highest BCUT2D eigenvalue weighted by atomic mass is 16.6. The van der Waals surface area contributed by atoms with Crippen molar-refractivity contribution in [3.63, 3.8) is 0 Å². The Balaban J connectivity index is 2.01. The van der Waals surface area contributed by atoms with Crippen molar-refractivity contribution in [1.82, 2.24) is 5.32 Å². The zero-order chi connectivity index (χ0) is 17.7. The van der Waals surface area contributed by atoms with Crippen LogP contribution in [0.2, 0.25) is 0 Å². The molecule has 7 nitrogen and oxygen atoms in total. The molecule has 0 saturated heterocycles.